The minimum Gasteiger partial charge on any atom is -0.399 e. The highest BCUT2D eigenvalue weighted by Crippen LogP contribution is 2.54. The summed E-state index contributed by atoms with van der Waals surface area (Å²) < 4.78 is 0. The van der Waals surface area contributed by atoms with E-state index < -0.39 is 7.26 Å². The number of nitrogen functional groups attached to an aromatic ring is 1. The second-order valence-corrected chi connectivity index (χ2v) is 15.1. The predicted octanol–water partition coefficient (Wildman–Crippen LogP) is 6.84. The molecule has 1 heterocycles. The number of rotatable bonds is 7. The molecule has 0 radical (unpaired) electrons. The lowest BCUT2D eigenvalue weighted by Gasteiger charge is -2.27. The van der Waals surface area contributed by atoms with Crippen LogP contribution in [-0.4, -0.2) is 11.8 Å². The van der Waals surface area contributed by atoms with Crippen LogP contribution in [0.25, 0.3) is 0 Å². The molecule has 2 N–H and O–H groups in total. The Hall–Kier alpha value is -4.96. The molecule has 212 valence electrons. The second kappa shape index (κ2) is 11.6. The minimum absolute atomic E-state index is 0.307. The molecule has 0 aliphatic carbocycles. The number of imide groups is 1. The van der Waals surface area contributed by atoms with Crippen LogP contribution in [0.3, 0.4) is 0 Å². The van der Waals surface area contributed by atoms with Crippen LogP contribution in [0.2, 0.25) is 0 Å². The number of carbonyl (C=O) groups is 2. The largest absolute Gasteiger partial charge is 0.399 e. The van der Waals surface area contributed by atoms with Gasteiger partial charge in [0.15, 0.2) is 0 Å². The lowest BCUT2D eigenvalue weighted by molar-refractivity contribution is 0.0926. The summed E-state index contributed by atoms with van der Waals surface area (Å²) in [4.78, 5) is 31.0. The number of carbonyl (C=O) groups excluding carboxylic acids is 2. The third-order valence-corrected chi connectivity index (χ3v) is 13.2. The highest BCUT2D eigenvalue weighted by Gasteiger charge is 2.49. The molecule has 0 fully saturated rings. The fourth-order valence-electron chi connectivity index (χ4n) is 5.86. The molecule has 0 unspecified atom stereocenters. The van der Waals surface area contributed by atoms with Crippen LogP contribution in [0.5, 0.6) is 0 Å². The number of amides is 2. The summed E-state index contributed by atoms with van der Waals surface area (Å²) in [5.41, 5.74) is 7.94. The van der Waals surface area contributed by atoms with E-state index in [1.54, 1.807) is 11.8 Å². The first kappa shape index (κ1) is 27.8. The average Bonchev–Trinajstić information content (AvgIpc) is 3.33. The van der Waals surface area contributed by atoms with Crippen LogP contribution in [0.4, 0.5) is 11.4 Å². The van der Waals surface area contributed by atoms with Gasteiger partial charge in [0.25, 0.3) is 11.8 Å². The third kappa shape index (κ3) is 4.81. The van der Waals surface area contributed by atoms with E-state index in [0.29, 0.717) is 22.5 Å². The molecule has 6 aromatic carbocycles. The molecule has 0 bridgehead atoms. The zero-order valence-electron chi connectivity index (χ0n) is 23.7. The smallest absolute Gasteiger partial charge is 0.266 e. The van der Waals surface area contributed by atoms with Gasteiger partial charge in [0, 0.05) is 15.5 Å². The van der Waals surface area contributed by atoms with Crippen LogP contribution in [0.1, 0.15) is 20.7 Å². The van der Waals surface area contributed by atoms with E-state index in [9.17, 15) is 9.59 Å². The normalized spacial score (nSPS) is 12.8. The van der Waals surface area contributed by atoms with Crippen molar-refractivity contribution in [3.63, 3.8) is 0 Å². The molecule has 1 aliphatic rings. The van der Waals surface area contributed by atoms with Crippen LogP contribution < -0.4 is 31.9 Å². The Kier molecular flexibility index (Phi) is 7.35. The Morgan fingerprint density at radius 2 is 0.932 bits per heavy atom. The summed E-state index contributed by atoms with van der Waals surface area (Å²) in [5, 5.41) is 4.57. The van der Waals surface area contributed by atoms with Gasteiger partial charge in [-0.05, 0) is 103 Å². The van der Waals surface area contributed by atoms with Crippen molar-refractivity contribution in [3.05, 3.63) is 169 Å². The number of hydrogen-bond acceptors (Lipinski definition) is 4. The summed E-state index contributed by atoms with van der Waals surface area (Å²) in [6.07, 6.45) is 0. The molecule has 0 spiro atoms. The lowest BCUT2D eigenvalue weighted by Crippen LogP contribution is -2.38. The Bertz CT molecular complexity index is 1870. The maximum Gasteiger partial charge on any atom is 0.266 e. The molecule has 0 aromatic heterocycles. The Morgan fingerprint density at radius 1 is 0.477 bits per heavy atom. The van der Waals surface area contributed by atoms with E-state index in [-0.39, 0.29) is 11.8 Å². The van der Waals surface area contributed by atoms with E-state index in [2.05, 4.69) is 72.8 Å². The molecule has 0 atom stereocenters. The minimum atomic E-state index is -2.41. The van der Waals surface area contributed by atoms with Crippen molar-refractivity contribution in [2.24, 2.45) is 0 Å². The highest BCUT2D eigenvalue weighted by molar-refractivity contribution is 8.01. The lowest BCUT2D eigenvalue weighted by atomic mass is 10.1. The summed E-state index contributed by atoms with van der Waals surface area (Å²) in [7, 11) is -2.41. The van der Waals surface area contributed by atoms with Gasteiger partial charge in [-0.15, -0.1) is 0 Å². The van der Waals surface area contributed by atoms with Crippen molar-refractivity contribution in [1.82, 2.24) is 0 Å². The first-order valence-electron chi connectivity index (χ1n) is 14.3. The molecule has 0 saturated heterocycles. The Labute approximate surface area is 261 Å². The van der Waals surface area contributed by atoms with Crippen molar-refractivity contribution in [3.8, 4) is 0 Å². The fourth-order valence-corrected chi connectivity index (χ4v) is 10.9. The average molecular weight is 608 g/mol. The number of nitrogens with two attached hydrogens (primary N) is 1. The molecule has 6 heteroatoms. The summed E-state index contributed by atoms with van der Waals surface area (Å²) in [6, 6.07) is 52.5. The van der Waals surface area contributed by atoms with Crippen molar-refractivity contribution >= 4 is 63.4 Å². The molecular weight excluding hydrogens is 579 g/mol. The first-order chi connectivity index (χ1) is 21.6. The van der Waals surface area contributed by atoms with Crippen molar-refractivity contribution < 1.29 is 9.59 Å². The van der Waals surface area contributed by atoms with E-state index in [0.717, 1.165) is 15.1 Å². The van der Waals surface area contributed by atoms with Gasteiger partial charge in [-0.1, -0.05) is 66.4 Å². The van der Waals surface area contributed by atoms with Gasteiger partial charge in [-0.2, -0.15) is 0 Å². The first-order valence-corrected chi connectivity index (χ1v) is 16.9. The summed E-state index contributed by atoms with van der Waals surface area (Å²) in [5.74, 6) is -0.614. The number of benzene rings is 6. The Morgan fingerprint density at radius 3 is 1.43 bits per heavy atom. The number of nitrogens with zero attached hydrogens (tertiary/aromatic N) is 1. The number of anilines is 2. The third-order valence-electron chi connectivity index (χ3n) is 7.90. The zero-order valence-corrected chi connectivity index (χ0v) is 25.4. The monoisotopic (exact) mass is 607 g/mol. The molecular formula is C38H28N2O2PS+. The van der Waals surface area contributed by atoms with E-state index in [1.165, 1.54) is 20.8 Å². The van der Waals surface area contributed by atoms with Gasteiger partial charge < -0.3 is 5.73 Å². The topological polar surface area (TPSA) is 63.4 Å². The molecule has 7 rings (SSSR count). The summed E-state index contributed by atoms with van der Waals surface area (Å²) >= 11 is 1.59. The predicted molar refractivity (Wildman–Crippen MR) is 184 cm³/mol. The van der Waals surface area contributed by atoms with Gasteiger partial charge in [0.2, 0.25) is 0 Å². The van der Waals surface area contributed by atoms with Gasteiger partial charge in [-0.3, -0.25) is 9.59 Å². The van der Waals surface area contributed by atoms with Gasteiger partial charge >= 0.3 is 0 Å². The number of fused-ring (bicyclic) bond motifs is 1. The van der Waals surface area contributed by atoms with Crippen LogP contribution in [0.15, 0.2) is 168 Å². The van der Waals surface area contributed by atoms with Crippen LogP contribution >= 0.6 is 19.0 Å². The van der Waals surface area contributed by atoms with Crippen LogP contribution in [-0.2, 0) is 0 Å². The molecule has 6 aromatic rings. The molecule has 0 saturated carbocycles. The standard InChI is InChI=1S/C38H28N2O2PS/c39-27-16-21-33(22-17-27)44-34-23-18-28(19-24-34)40-37(41)35-25-20-32(26-36(35)38(40)42)43(29-10-4-1-5-11-29,30-12-6-2-7-13-30)31-14-8-3-9-15-31/h1-26H,39H2/q+1. The quantitative estimate of drug-likeness (QED) is 0.123. The Balaban J connectivity index is 1.30. The number of hydrogen-bond donors (Lipinski definition) is 1. The molecule has 44 heavy (non-hydrogen) atoms. The van der Waals surface area contributed by atoms with Crippen molar-refractivity contribution in [2.45, 2.75) is 9.79 Å². The van der Waals surface area contributed by atoms with Gasteiger partial charge in [0.1, 0.15) is 28.5 Å². The SMILES string of the molecule is Nc1ccc(Sc2ccc(N3C(=O)c4ccc([P+](c5ccccc5)(c5ccccc5)c5ccccc5)cc4C3=O)cc2)cc1. The maximum absolute atomic E-state index is 14.0. The van der Waals surface area contributed by atoms with Crippen molar-refractivity contribution in [2.75, 3.05) is 10.6 Å². The molecule has 1 aliphatic heterocycles. The molecule has 2 amide bonds. The second-order valence-electron chi connectivity index (χ2n) is 10.5. The molecule has 4 nitrogen and oxygen atoms in total. The van der Waals surface area contributed by atoms with E-state index in [4.69, 9.17) is 5.73 Å². The fraction of sp³-hybridized carbons (Fsp3) is 0. The van der Waals surface area contributed by atoms with Crippen molar-refractivity contribution in [1.29, 1.82) is 0 Å². The van der Waals surface area contributed by atoms with E-state index >= 15 is 0 Å². The van der Waals surface area contributed by atoms with Crippen LogP contribution in [0, 0.1) is 0 Å². The maximum atomic E-state index is 14.0. The van der Waals surface area contributed by atoms with Gasteiger partial charge in [0.05, 0.1) is 16.8 Å². The van der Waals surface area contributed by atoms with Gasteiger partial charge in [-0.25, -0.2) is 4.90 Å². The van der Waals surface area contributed by atoms with E-state index in [1.807, 2.05) is 84.9 Å². The highest BCUT2D eigenvalue weighted by atomic mass is 32.2. The zero-order chi connectivity index (χ0) is 30.1. The summed E-state index contributed by atoms with van der Waals surface area (Å²) in [6.45, 7) is 0.